The number of piperidine rings is 1. The van der Waals surface area contributed by atoms with E-state index in [1.54, 1.807) is 0 Å². The van der Waals surface area contributed by atoms with E-state index in [0.29, 0.717) is 6.04 Å². The SMILES string of the molecule is CNC(=S)N1CCCC[C@H]1CCN1CCN(C)CC1. The van der Waals surface area contributed by atoms with Crippen LogP contribution < -0.4 is 5.32 Å². The molecule has 2 fully saturated rings. The van der Waals surface area contributed by atoms with Crippen LogP contribution in [0.3, 0.4) is 0 Å². The van der Waals surface area contributed by atoms with Crippen molar-refractivity contribution in [1.29, 1.82) is 0 Å². The molecule has 0 aromatic carbocycles. The molecule has 0 aromatic rings. The molecule has 0 unspecified atom stereocenters. The summed E-state index contributed by atoms with van der Waals surface area (Å²) in [6, 6.07) is 0.647. The first-order valence-electron chi connectivity index (χ1n) is 7.60. The second-order valence-corrected chi connectivity index (χ2v) is 6.22. The number of likely N-dealkylation sites (tertiary alicyclic amines) is 1. The first-order chi connectivity index (χ1) is 9.20. The molecule has 2 aliphatic heterocycles. The standard InChI is InChI=1S/C14H28N4S/c1-15-14(19)18-7-4-3-5-13(18)6-8-17-11-9-16(2)10-12-17/h13H,3-12H2,1-2H3,(H,15,19)/t13-/m0/s1. The zero-order valence-corrected chi connectivity index (χ0v) is 13.2. The van der Waals surface area contributed by atoms with Gasteiger partial charge in [0.1, 0.15) is 0 Å². The molecule has 2 saturated heterocycles. The Hall–Kier alpha value is -0.390. The van der Waals surface area contributed by atoms with Gasteiger partial charge in [-0.1, -0.05) is 0 Å². The minimum atomic E-state index is 0.647. The Bertz CT molecular complexity index is 289. The fourth-order valence-electron chi connectivity index (χ4n) is 3.11. The molecule has 2 aliphatic rings. The van der Waals surface area contributed by atoms with Gasteiger partial charge in [-0.2, -0.15) is 0 Å². The number of thiocarbonyl (C=S) groups is 1. The van der Waals surface area contributed by atoms with Crippen molar-refractivity contribution in [3.8, 4) is 0 Å². The third kappa shape index (κ3) is 4.29. The van der Waals surface area contributed by atoms with E-state index in [4.69, 9.17) is 12.2 Å². The molecule has 2 rings (SSSR count). The number of likely N-dealkylation sites (N-methyl/N-ethyl adjacent to an activating group) is 1. The third-order valence-corrected chi connectivity index (χ3v) is 4.91. The van der Waals surface area contributed by atoms with Crippen LogP contribution in [0, 0.1) is 0 Å². The minimum absolute atomic E-state index is 0.647. The molecule has 0 aromatic heterocycles. The molecule has 0 saturated carbocycles. The van der Waals surface area contributed by atoms with Crippen molar-refractivity contribution < 1.29 is 0 Å². The van der Waals surface area contributed by atoms with Gasteiger partial charge in [0, 0.05) is 52.4 Å². The van der Waals surface area contributed by atoms with Crippen molar-refractivity contribution in [3.63, 3.8) is 0 Å². The Morgan fingerprint density at radius 1 is 1.16 bits per heavy atom. The maximum atomic E-state index is 5.43. The Labute approximate surface area is 123 Å². The van der Waals surface area contributed by atoms with Gasteiger partial charge >= 0.3 is 0 Å². The lowest BCUT2D eigenvalue weighted by Crippen LogP contribution is -2.50. The second-order valence-electron chi connectivity index (χ2n) is 5.83. The minimum Gasteiger partial charge on any atom is -0.366 e. The van der Waals surface area contributed by atoms with Gasteiger partial charge in [0.15, 0.2) is 5.11 Å². The van der Waals surface area contributed by atoms with Crippen molar-refractivity contribution in [3.05, 3.63) is 0 Å². The lowest BCUT2D eigenvalue weighted by Gasteiger charge is -2.39. The van der Waals surface area contributed by atoms with E-state index in [1.165, 1.54) is 58.4 Å². The molecule has 0 radical (unpaired) electrons. The molecule has 0 amide bonds. The van der Waals surface area contributed by atoms with Gasteiger partial charge in [0.2, 0.25) is 0 Å². The van der Waals surface area contributed by atoms with E-state index in [2.05, 4.69) is 27.1 Å². The molecule has 4 nitrogen and oxygen atoms in total. The van der Waals surface area contributed by atoms with Crippen molar-refractivity contribution in [1.82, 2.24) is 20.0 Å². The maximum Gasteiger partial charge on any atom is 0.168 e. The van der Waals surface area contributed by atoms with E-state index < -0.39 is 0 Å². The first kappa shape index (κ1) is 15.0. The summed E-state index contributed by atoms with van der Waals surface area (Å²) in [7, 11) is 4.15. The van der Waals surface area contributed by atoms with Gasteiger partial charge in [-0.25, -0.2) is 0 Å². The van der Waals surface area contributed by atoms with E-state index in [9.17, 15) is 0 Å². The van der Waals surface area contributed by atoms with E-state index >= 15 is 0 Å². The van der Waals surface area contributed by atoms with Crippen molar-refractivity contribution in [2.45, 2.75) is 31.7 Å². The molecule has 0 bridgehead atoms. The van der Waals surface area contributed by atoms with Crippen LogP contribution in [0.2, 0.25) is 0 Å². The highest BCUT2D eigenvalue weighted by molar-refractivity contribution is 7.80. The predicted octanol–water partition coefficient (Wildman–Crippen LogP) is 0.983. The number of nitrogens with zero attached hydrogens (tertiary/aromatic N) is 3. The van der Waals surface area contributed by atoms with E-state index in [1.807, 2.05) is 7.05 Å². The molecule has 1 N–H and O–H groups in total. The largest absolute Gasteiger partial charge is 0.366 e. The summed E-state index contributed by atoms with van der Waals surface area (Å²) < 4.78 is 0. The fourth-order valence-corrected chi connectivity index (χ4v) is 3.36. The van der Waals surface area contributed by atoms with Gasteiger partial charge < -0.3 is 20.0 Å². The zero-order chi connectivity index (χ0) is 13.7. The Morgan fingerprint density at radius 2 is 1.89 bits per heavy atom. The fraction of sp³-hybridized carbons (Fsp3) is 0.929. The molecule has 2 heterocycles. The summed E-state index contributed by atoms with van der Waals surface area (Å²) in [6.07, 6.45) is 5.20. The summed E-state index contributed by atoms with van der Waals surface area (Å²) in [5.41, 5.74) is 0. The maximum absolute atomic E-state index is 5.43. The smallest absolute Gasteiger partial charge is 0.168 e. The van der Waals surface area contributed by atoms with Crippen molar-refractivity contribution in [2.75, 3.05) is 53.4 Å². The van der Waals surface area contributed by atoms with Crippen LogP contribution >= 0.6 is 12.2 Å². The zero-order valence-electron chi connectivity index (χ0n) is 12.4. The molecular weight excluding hydrogens is 256 g/mol. The molecule has 0 aliphatic carbocycles. The molecule has 0 spiro atoms. The van der Waals surface area contributed by atoms with Gasteiger partial charge in [0.25, 0.3) is 0 Å². The molecule has 5 heteroatoms. The molecule has 19 heavy (non-hydrogen) atoms. The average Bonchev–Trinajstić information content (AvgIpc) is 2.46. The number of nitrogens with one attached hydrogen (secondary N) is 1. The van der Waals surface area contributed by atoms with Gasteiger partial charge in [-0.05, 0) is 44.9 Å². The topological polar surface area (TPSA) is 21.8 Å². The summed E-state index contributed by atoms with van der Waals surface area (Å²) in [5.74, 6) is 0. The lowest BCUT2D eigenvalue weighted by molar-refractivity contribution is 0.134. The van der Waals surface area contributed by atoms with Crippen LogP contribution in [0.1, 0.15) is 25.7 Å². The van der Waals surface area contributed by atoms with Crippen LogP contribution in [0.5, 0.6) is 0 Å². The highest BCUT2D eigenvalue weighted by atomic mass is 32.1. The number of hydrogen-bond acceptors (Lipinski definition) is 3. The Balaban J connectivity index is 1.78. The summed E-state index contributed by atoms with van der Waals surface area (Å²) in [4.78, 5) is 7.43. The van der Waals surface area contributed by atoms with Crippen LogP contribution in [0.4, 0.5) is 0 Å². The number of hydrogen-bond donors (Lipinski definition) is 1. The van der Waals surface area contributed by atoms with Gasteiger partial charge in [0.05, 0.1) is 0 Å². The second kappa shape index (κ2) is 7.41. The summed E-state index contributed by atoms with van der Waals surface area (Å²) in [5, 5.41) is 4.08. The van der Waals surface area contributed by atoms with Gasteiger partial charge in [-0.15, -0.1) is 0 Å². The predicted molar refractivity (Wildman–Crippen MR) is 84.6 cm³/mol. The van der Waals surface area contributed by atoms with Crippen LogP contribution in [-0.4, -0.2) is 79.2 Å². The van der Waals surface area contributed by atoms with Crippen molar-refractivity contribution in [2.24, 2.45) is 0 Å². The van der Waals surface area contributed by atoms with Crippen molar-refractivity contribution >= 4 is 17.3 Å². The highest BCUT2D eigenvalue weighted by Crippen LogP contribution is 2.20. The lowest BCUT2D eigenvalue weighted by atomic mass is 9.99. The molecular formula is C14H28N4S. The Kier molecular flexibility index (Phi) is 5.85. The molecule has 1 atom stereocenters. The Morgan fingerprint density at radius 3 is 2.58 bits per heavy atom. The number of piperazine rings is 1. The van der Waals surface area contributed by atoms with Crippen LogP contribution in [-0.2, 0) is 0 Å². The van der Waals surface area contributed by atoms with Crippen LogP contribution in [0.25, 0.3) is 0 Å². The first-order valence-corrected chi connectivity index (χ1v) is 8.01. The van der Waals surface area contributed by atoms with E-state index in [0.717, 1.165) is 11.7 Å². The normalized spacial score (nSPS) is 26.4. The quantitative estimate of drug-likeness (QED) is 0.778. The van der Waals surface area contributed by atoms with E-state index in [-0.39, 0.29) is 0 Å². The number of rotatable bonds is 3. The summed E-state index contributed by atoms with van der Waals surface area (Å²) in [6.45, 7) is 7.22. The highest BCUT2D eigenvalue weighted by Gasteiger charge is 2.24. The average molecular weight is 284 g/mol. The third-order valence-electron chi connectivity index (χ3n) is 4.48. The van der Waals surface area contributed by atoms with Crippen LogP contribution in [0.15, 0.2) is 0 Å². The van der Waals surface area contributed by atoms with Gasteiger partial charge in [-0.3, -0.25) is 0 Å². The summed E-state index contributed by atoms with van der Waals surface area (Å²) >= 11 is 5.43. The monoisotopic (exact) mass is 284 g/mol. The molecule has 110 valence electrons.